The van der Waals surface area contributed by atoms with Gasteiger partial charge in [0, 0.05) is 22.0 Å². The molecule has 0 saturated heterocycles. The Balaban J connectivity index is 0.00000124. The van der Waals surface area contributed by atoms with Crippen molar-refractivity contribution in [2.45, 2.75) is 20.8 Å². The Morgan fingerprint density at radius 1 is 1.07 bits per heavy atom. The zero-order chi connectivity index (χ0) is 21.7. The second-order valence-corrected chi connectivity index (χ2v) is 7.94. The van der Waals surface area contributed by atoms with E-state index >= 15 is 0 Å². The molecule has 3 aromatic heterocycles. The highest BCUT2D eigenvalue weighted by Gasteiger charge is 2.19. The van der Waals surface area contributed by atoms with Crippen molar-refractivity contribution in [1.82, 2.24) is 9.97 Å². The summed E-state index contributed by atoms with van der Waals surface area (Å²) in [6.07, 6.45) is 3.38. The third-order valence-corrected chi connectivity index (χ3v) is 5.96. The maximum Gasteiger partial charge on any atom is 0.262 e. The van der Waals surface area contributed by atoms with Crippen LogP contribution in [0, 0.1) is 18.6 Å². The number of hydrogen-bond acceptors (Lipinski definition) is 5. The average molecular weight is 444 g/mol. The largest absolute Gasteiger partial charge is 0.313 e. The Hall–Kier alpha value is -2.97. The van der Waals surface area contributed by atoms with Crippen LogP contribution in [0.15, 0.2) is 54.3 Å². The van der Waals surface area contributed by atoms with Crippen LogP contribution in [-0.2, 0) is 0 Å². The lowest BCUT2D eigenvalue weighted by Gasteiger charge is -2.06. The van der Waals surface area contributed by atoms with Crippen molar-refractivity contribution < 1.29 is 13.6 Å². The fraction of sp³-hybridized carbons (Fsp3) is 0.136. The van der Waals surface area contributed by atoms with Crippen molar-refractivity contribution in [3.05, 3.63) is 77.1 Å². The summed E-state index contributed by atoms with van der Waals surface area (Å²) >= 11 is 2.89. The summed E-state index contributed by atoms with van der Waals surface area (Å²) in [5.74, 6) is -2.85. The van der Waals surface area contributed by atoms with Crippen molar-refractivity contribution in [2.24, 2.45) is 0 Å². The van der Waals surface area contributed by atoms with Crippen LogP contribution >= 0.6 is 22.7 Å². The van der Waals surface area contributed by atoms with Gasteiger partial charge in [0.05, 0.1) is 17.4 Å². The quantitative estimate of drug-likeness (QED) is 0.377. The maximum absolute atomic E-state index is 13.7. The first-order chi connectivity index (χ1) is 14.5. The van der Waals surface area contributed by atoms with E-state index in [1.165, 1.54) is 11.3 Å². The molecule has 4 rings (SSSR count). The fourth-order valence-corrected chi connectivity index (χ4v) is 4.36. The van der Waals surface area contributed by atoms with Gasteiger partial charge in [0.1, 0.15) is 10.6 Å². The van der Waals surface area contributed by atoms with E-state index in [-0.39, 0.29) is 0 Å². The molecule has 4 nitrogen and oxygen atoms in total. The summed E-state index contributed by atoms with van der Waals surface area (Å²) < 4.78 is 27.5. The van der Waals surface area contributed by atoms with E-state index in [0.717, 1.165) is 39.0 Å². The molecule has 30 heavy (non-hydrogen) atoms. The predicted octanol–water partition coefficient (Wildman–Crippen LogP) is 6.80. The lowest BCUT2D eigenvalue weighted by atomic mass is 10.0. The monoisotopic (exact) mass is 443 g/mol. The van der Waals surface area contributed by atoms with Crippen LogP contribution < -0.4 is 5.32 Å². The van der Waals surface area contributed by atoms with Crippen LogP contribution in [0.2, 0.25) is 0 Å². The summed E-state index contributed by atoms with van der Waals surface area (Å²) in [6, 6.07) is 9.67. The average Bonchev–Trinajstić information content (AvgIpc) is 3.42. The standard InChI is InChI=1S/C20H13F2N3OS2.C2H6/c1-11-2-3-12(20-24-6-7-27-20)8-13(11)16-4-5-17(28-16)25-19(26)18-14(21)9-23-10-15(18)22;1-2/h2-10H,1H3,(H,25,26);1-2H3. The molecule has 1 aromatic carbocycles. The molecule has 154 valence electrons. The number of benzene rings is 1. The van der Waals surface area contributed by atoms with Crippen LogP contribution in [0.3, 0.4) is 0 Å². The molecule has 8 heteroatoms. The molecule has 3 heterocycles. The second-order valence-electron chi connectivity index (χ2n) is 5.96. The molecular formula is C22H19F2N3OS2. The number of halogens is 2. The Morgan fingerprint density at radius 3 is 2.47 bits per heavy atom. The first kappa shape index (κ1) is 21.7. The predicted molar refractivity (Wildman–Crippen MR) is 119 cm³/mol. The highest BCUT2D eigenvalue weighted by atomic mass is 32.1. The summed E-state index contributed by atoms with van der Waals surface area (Å²) in [6.45, 7) is 6.00. The molecule has 0 spiro atoms. The number of anilines is 1. The van der Waals surface area contributed by atoms with Gasteiger partial charge in [-0.1, -0.05) is 26.0 Å². The Kier molecular flexibility index (Phi) is 7.02. The topological polar surface area (TPSA) is 54.9 Å². The van der Waals surface area contributed by atoms with E-state index in [1.807, 2.05) is 50.4 Å². The van der Waals surface area contributed by atoms with Crippen molar-refractivity contribution in [3.8, 4) is 21.0 Å². The number of thiophene rings is 1. The Bertz CT molecular complexity index is 1140. The molecule has 0 aliphatic heterocycles. The number of amides is 1. The third kappa shape index (κ3) is 4.60. The first-order valence-corrected chi connectivity index (χ1v) is 10.9. The number of nitrogens with zero attached hydrogens (tertiary/aromatic N) is 2. The lowest BCUT2D eigenvalue weighted by Crippen LogP contribution is -2.15. The van der Waals surface area contributed by atoms with Crippen LogP contribution in [0.5, 0.6) is 0 Å². The number of carbonyl (C=O) groups excluding carboxylic acids is 1. The second kappa shape index (κ2) is 9.69. The number of nitrogens with one attached hydrogen (secondary N) is 1. The number of aryl methyl sites for hydroxylation is 1. The highest BCUT2D eigenvalue weighted by molar-refractivity contribution is 7.19. The zero-order valence-corrected chi connectivity index (χ0v) is 18.2. The number of pyridine rings is 1. The fourth-order valence-electron chi connectivity index (χ4n) is 2.74. The van der Waals surface area contributed by atoms with Crippen molar-refractivity contribution in [2.75, 3.05) is 5.32 Å². The zero-order valence-electron chi connectivity index (χ0n) is 16.6. The highest BCUT2D eigenvalue weighted by Crippen LogP contribution is 2.36. The van der Waals surface area contributed by atoms with Gasteiger partial charge in [0.25, 0.3) is 5.91 Å². The molecule has 1 N–H and O–H groups in total. The number of rotatable bonds is 4. The van der Waals surface area contributed by atoms with Gasteiger partial charge in [-0.2, -0.15) is 0 Å². The van der Waals surface area contributed by atoms with E-state index in [1.54, 1.807) is 23.6 Å². The molecule has 4 aromatic rings. The van der Waals surface area contributed by atoms with Gasteiger partial charge in [-0.15, -0.1) is 22.7 Å². The SMILES string of the molecule is CC.Cc1ccc(-c2nccs2)cc1-c1ccc(NC(=O)c2c(F)cncc2F)s1. The first-order valence-electron chi connectivity index (χ1n) is 9.24. The van der Waals surface area contributed by atoms with Crippen LogP contribution in [-0.4, -0.2) is 15.9 Å². The van der Waals surface area contributed by atoms with Gasteiger partial charge < -0.3 is 5.32 Å². The van der Waals surface area contributed by atoms with E-state index < -0.39 is 23.1 Å². The van der Waals surface area contributed by atoms with Crippen LogP contribution in [0.4, 0.5) is 13.8 Å². The van der Waals surface area contributed by atoms with Crippen molar-refractivity contribution in [3.63, 3.8) is 0 Å². The van der Waals surface area contributed by atoms with Crippen LogP contribution in [0.25, 0.3) is 21.0 Å². The summed E-state index contributed by atoms with van der Waals surface area (Å²) in [4.78, 5) is 20.9. The number of thiazole rings is 1. The number of carbonyl (C=O) groups is 1. The molecule has 0 radical (unpaired) electrons. The van der Waals surface area contributed by atoms with Crippen molar-refractivity contribution >= 4 is 33.6 Å². The third-order valence-electron chi connectivity index (χ3n) is 4.11. The van der Waals surface area contributed by atoms with Gasteiger partial charge in [0.15, 0.2) is 11.6 Å². The number of hydrogen-bond donors (Lipinski definition) is 1. The van der Waals surface area contributed by atoms with Crippen molar-refractivity contribution in [1.29, 1.82) is 0 Å². The normalized spacial score (nSPS) is 10.3. The lowest BCUT2D eigenvalue weighted by molar-refractivity contribution is 0.101. The van der Waals surface area contributed by atoms with Crippen LogP contribution in [0.1, 0.15) is 29.8 Å². The molecule has 0 aliphatic rings. The summed E-state index contributed by atoms with van der Waals surface area (Å²) in [7, 11) is 0. The van der Waals surface area contributed by atoms with Gasteiger partial charge in [-0.3, -0.25) is 9.78 Å². The minimum absolute atomic E-state index is 0.495. The Labute approximate surface area is 181 Å². The van der Waals surface area contributed by atoms with Gasteiger partial charge in [-0.05, 0) is 36.2 Å². The molecule has 0 saturated carbocycles. The smallest absolute Gasteiger partial charge is 0.262 e. The molecule has 0 fully saturated rings. The molecule has 1 amide bonds. The minimum Gasteiger partial charge on any atom is -0.313 e. The van der Waals surface area contributed by atoms with Gasteiger partial charge in [0.2, 0.25) is 0 Å². The van der Waals surface area contributed by atoms with E-state index in [0.29, 0.717) is 5.00 Å². The van der Waals surface area contributed by atoms with E-state index in [2.05, 4.69) is 15.3 Å². The molecule has 0 aliphatic carbocycles. The van der Waals surface area contributed by atoms with Gasteiger partial charge in [-0.25, -0.2) is 13.8 Å². The minimum atomic E-state index is -0.999. The maximum atomic E-state index is 13.7. The molecule has 0 bridgehead atoms. The molecule has 0 unspecified atom stereocenters. The van der Waals surface area contributed by atoms with Gasteiger partial charge >= 0.3 is 0 Å². The van der Waals surface area contributed by atoms with E-state index in [4.69, 9.17) is 0 Å². The van der Waals surface area contributed by atoms with E-state index in [9.17, 15) is 13.6 Å². The Morgan fingerprint density at radius 2 is 1.80 bits per heavy atom. The number of aromatic nitrogens is 2. The molecular weight excluding hydrogens is 424 g/mol. The molecule has 0 atom stereocenters. The summed E-state index contributed by atoms with van der Waals surface area (Å²) in [5.41, 5.74) is 2.45. The summed E-state index contributed by atoms with van der Waals surface area (Å²) in [5, 5.41) is 5.90.